The lowest BCUT2D eigenvalue weighted by molar-refractivity contribution is -0.384. The summed E-state index contributed by atoms with van der Waals surface area (Å²) in [6, 6.07) is 8.32. The smallest absolute Gasteiger partial charge is 0.311 e. The van der Waals surface area contributed by atoms with E-state index < -0.39 is 10.8 Å². The topological polar surface area (TPSA) is 102 Å². The van der Waals surface area contributed by atoms with Crippen molar-refractivity contribution in [2.24, 2.45) is 5.73 Å². The van der Waals surface area contributed by atoms with Gasteiger partial charge in [0.15, 0.2) is 0 Å². The summed E-state index contributed by atoms with van der Waals surface area (Å²) in [5.41, 5.74) is 7.14. The summed E-state index contributed by atoms with van der Waals surface area (Å²) in [5.74, 6) is -0.232. The number of nitrogens with two attached hydrogens (primary N) is 1. The number of nitro groups is 1. The highest BCUT2D eigenvalue weighted by atomic mass is 16.6. The van der Waals surface area contributed by atoms with Gasteiger partial charge in [0.05, 0.1) is 4.92 Å². The molecule has 1 amide bonds. The van der Waals surface area contributed by atoms with Crippen LogP contribution >= 0.6 is 0 Å². The molecule has 0 saturated carbocycles. The van der Waals surface area contributed by atoms with Crippen LogP contribution in [0.5, 0.6) is 0 Å². The quantitative estimate of drug-likeness (QED) is 0.672. The van der Waals surface area contributed by atoms with Gasteiger partial charge in [0.2, 0.25) is 11.7 Å². The number of carbonyl (C=O) groups is 1. The molecule has 0 aliphatic heterocycles. The number of hydrogen-bond acceptors (Lipinski definition) is 5. The van der Waals surface area contributed by atoms with Crippen LogP contribution in [0.2, 0.25) is 0 Å². The van der Waals surface area contributed by atoms with Crippen molar-refractivity contribution in [3.05, 3.63) is 63.3 Å². The van der Waals surface area contributed by atoms with Gasteiger partial charge in [-0.1, -0.05) is 12.1 Å². The van der Waals surface area contributed by atoms with Crippen molar-refractivity contribution < 1.29 is 9.72 Å². The highest BCUT2D eigenvalue weighted by Crippen LogP contribution is 2.26. The molecule has 2 rings (SSSR count). The first-order valence-corrected chi connectivity index (χ1v) is 6.59. The first-order chi connectivity index (χ1) is 10.4. The van der Waals surface area contributed by atoms with E-state index in [1.54, 1.807) is 43.3 Å². The SMILES string of the molecule is Cc1cnc(N(C)Cc2cccc(C(N)=O)c2)c([N+](=O)[O-])c1. The number of nitrogens with zero attached hydrogens (tertiary/aromatic N) is 3. The third-order valence-electron chi connectivity index (χ3n) is 3.17. The molecule has 0 spiro atoms. The van der Waals surface area contributed by atoms with E-state index in [0.29, 0.717) is 12.1 Å². The van der Waals surface area contributed by atoms with Gasteiger partial charge in [0.25, 0.3) is 0 Å². The standard InChI is InChI=1S/C15H16N4O3/c1-10-6-13(19(21)22)15(17-8-10)18(2)9-11-4-3-5-12(7-11)14(16)20/h3-8H,9H2,1-2H3,(H2,16,20). The van der Waals surface area contributed by atoms with Crippen molar-refractivity contribution >= 4 is 17.4 Å². The summed E-state index contributed by atoms with van der Waals surface area (Å²) >= 11 is 0. The molecular weight excluding hydrogens is 284 g/mol. The molecule has 1 heterocycles. The van der Waals surface area contributed by atoms with Gasteiger partial charge in [-0.15, -0.1) is 0 Å². The summed E-state index contributed by atoms with van der Waals surface area (Å²) in [7, 11) is 1.71. The molecule has 2 aromatic rings. The van der Waals surface area contributed by atoms with E-state index >= 15 is 0 Å². The summed E-state index contributed by atoms with van der Waals surface area (Å²) in [5, 5.41) is 11.2. The number of benzene rings is 1. The Morgan fingerprint density at radius 2 is 2.14 bits per heavy atom. The van der Waals surface area contributed by atoms with Crippen LogP contribution in [-0.2, 0) is 6.54 Å². The number of carbonyl (C=O) groups excluding carboxylic acids is 1. The van der Waals surface area contributed by atoms with Gasteiger partial charge in [-0.25, -0.2) is 4.98 Å². The minimum atomic E-state index is -0.510. The third kappa shape index (κ3) is 3.38. The molecule has 1 aromatic carbocycles. The maximum Gasteiger partial charge on any atom is 0.311 e. The molecule has 0 radical (unpaired) electrons. The van der Waals surface area contributed by atoms with E-state index in [-0.39, 0.29) is 11.5 Å². The van der Waals surface area contributed by atoms with Gasteiger partial charge < -0.3 is 10.6 Å². The van der Waals surface area contributed by atoms with E-state index in [2.05, 4.69) is 4.98 Å². The first kappa shape index (κ1) is 15.4. The van der Waals surface area contributed by atoms with Crippen LogP contribution in [0.15, 0.2) is 36.5 Å². The van der Waals surface area contributed by atoms with Crippen LogP contribution in [0.1, 0.15) is 21.5 Å². The molecule has 2 N–H and O–H groups in total. The number of amides is 1. The number of aromatic nitrogens is 1. The van der Waals surface area contributed by atoms with Crippen molar-refractivity contribution in [3.63, 3.8) is 0 Å². The van der Waals surface area contributed by atoms with E-state index in [9.17, 15) is 14.9 Å². The molecule has 22 heavy (non-hydrogen) atoms. The van der Waals surface area contributed by atoms with Gasteiger partial charge in [-0.05, 0) is 30.2 Å². The van der Waals surface area contributed by atoms with Crippen molar-refractivity contribution in [1.82, 2.24) is 4.98 Å². The molecule has 0 saturated heterocycles. The Hall–Kier alpha value is -2.96. The van der Waals surface area contributed by atoms with Crippen LogP contribution in [0, 0.1) is 17.0 Å². The maximum absolute atomic E-state index is 11.2. The molecule has 0 bridgehead atoms. The number of primary amides is 1. The van der Waals surface area contributed by atoms with Gasteiger partial charge >= 0.3 is 5.69 Å². The summed E-state index contributed by atoms with van der Waals surface area (Å²) in [4.78, 5) is 27.7. The van der Waals surface area contributed by atoms with Crippen LogP contribution in [-0.4, -0.2) is 22.9 Å². The Labute approximate surface area is 127 Å². The Balaban J connectivity index is 2.29. The van der Waals surface area contributed by atoms with Gasteiger partial charge in [-0.2, -0.15) is 0 Å². The molecular formula is C15H16N4O3. The number of rotatable bonds is 5. The summed E-state index contributed by atoms with van der Waals surface area (Å²) in [6.45, 7) is 2.12. The maximum atomic E-state index is 11.2. The third-order valence-corrected chi connectivity index (χ3v) is 3.17. The summed E-state index contributed by atoms with van der Waals surface area (Å²) < 4.78 is 0. The lowest BCUT2D eigenvalue weighted by Gasteiger charge is -2.18. The first-order valence-electron chi connectivity index (χ1n) is 6.59. The van der Waals surface area contributed by atoms with Crippen LogP contribution in [0.25, 0.3) is 0 Å². The number of anilines is 1. The molecule has 0 atom stereocenters. The fourth-order valence-electron chi connectivity index (χ4n) is 2.15. The van der Waals surface area contributed by atoms with E-state index in [4.69, 9.17) is 5.73 Å². The molecule has 0 aliphatic rings. The minimum Gasteiger partial charge on any atom is -0.366 e. The minimum absolute atomic E-state index is 0.0476. The Morgan fingerprint density at radius 1 is 1.41 bits per heavy atom. The van der Waals surface area contributed by atoms with Crippen molar-refractivity contribution in [2.75, 3.05) is 11.9 Å². The van der Waals surface area contributed by atoms with Crippen molar-refractivity contribution in [1.29, 1.82) is 0 Å². The van der Waals surface area contributed by atoms with E-state index in [1.807, 2.05) is 6.07 Å². The molecule has 114 valence electrons. The monoisotopic (exact) mass is 300 g/mol. The van der Waals surface area contributed by atoms with Gasteiger partial charge in [0.1, 0.15) is 0 Å². The zero-order chi connectivity index (χ0) is 16.3. The average Bonchev–Trinajstić information content (AvgIpc) is 2.47. The fraction of sp³-hybridized carbons (Fsp3) is 0.200. The van der Waals surface area contributed by atoms with Crippen molar-refractivity contribution in [3.8, 4) is 0 Å². The van der Waals surface area contributed by atoms with Crippen LogP contribution in [0.4, 0.5) is 11.5 Å². The predicted molar refractivity (Wildman–Crippen MR) is 82.7 cm³/mol. The van der Waals surface area contributed by atoms with Crippen molar-refractivity contribution in [2.45, 2.75) is 13.5 Å². The van der Waals surface area contributed by atoms with Gasteiger partial charge in [-0.3, -0.25) is 14.9 Å². The lowest BCUT2D eigenvalue weighted by atomic mass is 10.1. The number of pyridine rings is 1. The Bertz CT molecular complexity index is 730. The second-order valence-corrected chi connectivity index (χ2v) is 5.03. The second-order valence-electron chi connectivity index (χ2n) is 5.03. The number of hydrogen-bond donors (Lipinski definition) is 1. The average molecular weight is 300 g/mol. The van der Waals surface area contributed by atoms with E-state index in [1.165, 1.54) is 6.07 Å². The molecule has 7 nitrogen and oxygen atoms in total. The van der Waals surface area contributed by atoms with E-state index in [0.717, 1.165) is 11.1 Å². The highest BCUT2D eigenvalue weighted by molar-refractivity contribution is 5.92. The number of aryl methyl sites for hydroxylation is 1. The largest absolute Gasteiger partial charge is 0.366 e. The Morgan fingerprint density at radius 3 is 2.77 bits per heavy atom. The molecule has 0 fully saturated rings. The lowest BCUT2D eigenvalue weighted by Crippen LogP contribution is -2.20. The Kier molecular flexibility index (Phi) is 4.36. The molecule has 0 unspecified atom stereocenters. The highest BCUT2D eigenvalue weighted by Gasteiger charge is 2.19. The zero-order valence-corrected chi connectivity index (χ0v) is 12.3. The predicted octanol–water partition coefficient (Wildman–Crippen LogP) is 2.03. The van der Waals surface area contributed by atoms with Crippen LogP contribution in [0.3, 0.4) is 0 Å². The normalized spacial score (nSPS) is 10.3. The summed E-state index contributed by atoms with van der Waals surface area (Å²) in [6.07, 6.45) is 1.58. The fourth-order valence-corrected chi connectivity index (χ4v) is 2.15. The molecule has 1 aromatic heterocycles. The molecule has 7 heteroatoms. The van der Waals surface area contributed by atoms with Gasteiger partial charge in [0, 0.05) is 31.4 Å². The second kappa shape index (κ2) is 6.21. The van der Waals surface area contributed by atoms with Crippen LogP contribution < -0.4 is 10.6 Å². The zero-order valence-electron chi connectivity index (χ0n) is 12.3. The molecule has 0 aliphatic carbocycles.